The number of halogens is 7. The second-order valence-corrected chi connectivity index (χ2v) is 10.9. The standard InChI is InChI=1S/C28H31F7N2O3/c1-16(18-12-19(27(30,31)32)14-20(13-18)28(33,34)35)36(5)24(38)22-10-11-37(25(39)40-26(2,3)4)15-23(22)17-6-8-21(29)9-7-17/h6-9,12-14,16,22-23H,10-11,15H2,1-5H3/t16-,22+,23-/m1/s1. The van der Waals surface area contributed by atoms with E-state index in [1.807, 2.05) is 0 Å². The first-order valence-corrected chi connectivity index (χ1v) is 12.6. The number of alkyl halides is 6. The van der Waals surface area contributed by atoms with Crippen LogP contribution in [0.25, 0.3) is 0 Å². The summed E-state index contributed by atoms with van der Waals surface area (Å²) >= 11 is 0. The van der Waals surface area contributed by atoms with Gasteiger partial charge in [-0.2, -0.15) is 26.3 Å². The van der Waals surface area contributed by atoms with E-state index in [2.05, 4.69) is 0 Å². The predicted octanol–water partition coefficient (Wildman–Crippen LogP) is 7.42. The number of hydrogen-bond acceptors (Lipinski definition) is 3. The normalized spacial score (nSPS) is 19.2. The van der Waals surface area contributed by atoms with Crippen molar-refractivity contribution in [2.45, 2.75) is 64.0 Å². The van der Waals surface area contributed by atoms with Crippen molar-refractivity contribution < 1.29 is 45.1 Å². The van der Waals surface area contributed by atoms with Crippen molar-refractivity contribution in [3.63, 3.8) is 0 Å². The summed E-state index contributed by atoms with van der Waals surface area (Å²) < 4.78 is 99.5. The quantitative estimate of drug-likeness (QED) is 0.356. The van der Waals surface area contributed by atoms with Crippen LogP contribution in [0.1, 0.15) is 68.3 Å². The molecule has 0 unspecified atom stereocenters. The van der Waals surface area contributed by atoms with Crippen molar-refractivity contribution in [2.75, 3.05) is 20.1 Å². The average molecular weight is 577 g/mol. The number of amides is 2. The lowest BCUT2D eigenvalue weighted by Gasteiger charge is -2.41. The highest BCUT2D eigenvalue weighted by Gasteiger charge is 2.41. The zero-order chi connectivity index (χ0) is 30.2. The molecule has 0 aliphatic carbocycles. The van der Waals surface area contributed by atoms with Gasteiger partial charge in [0, 0.05) is 32.0 Å². The minimum absolute atomic E-state index is 0.0367. The molecule has 12 heteroatoms. The molecule has 2 aromatic rings. The van der Waals surface area contributed by atoms with E-state index in [-0.39, 0.29) is 31.1 Å². The molecule has 0 bridgehead atoms. The lowest BCUT2D eigenvalue weighted by molar-refractivity contribution is -0.143. The molecular formula is C28H31F7N2O3. The molecule has 0 N–H and O–H groups in total. The summed E-state index contributed by atoms with van der Waals surface area (Å²) in [5.74, 6) is -2.46. The van der Waals surface area contributed by atoms with Gasteiger partial charge in [-0.15, -0.1) is 0 Å². The van der Waals surface area contributed by atoms with E-state index in [0.717, 1.165) is 4.90 Å². The summed E-state index contributed by atoms with van der Waals surface area (Å²) in [7, 11) is 1.31. The molecule has 5 nitrogen and oxygen atoms in total. The topological polar surface area (TPSA) is 49.9 Å². The molecule has 1 heterocycles. The Kier molecular flexibility index (Phi) is 8.81. The van der Waals surface area contributed by atoms with Crippen LogP contribution in [0, 0.1) is 11.7 Å². The monoisotopic (exact) mass is 576 g/mol. The van der Waals surface area contributed by atoms with Crippen LogP contribution in [0.15, 0.2) is 42.5 Å². The van der Waals surface area contributed by atoms with Crippen LogP contribution in [0.4, 0.5) is 35.5 Å². The van der Waals surface area contributed by atoms with Gasteiger partial charge in [-0.05, 0) is 75.6 Å². The molecule has 2 aromatic carbocycles. The van der Waals surface area contributed by atoms with Crippen molar-refractivity contribution >= 4 is 12.0 Å². The first-order chi connectivity index (χ1) is 18.3. The van der Waals surface area contributed by atoms with Gasteiger partial charge in [-0.25, -0.2) is 9.18 Å². The van der Waals surface area contributed by atoms with Gasteiger partial charge in [0.15, 0.2) is 0 Å². The highest BCUT2D eigenvalue weighted by molar-refractivity contribution is 5.81. The Balaban J connectivity index is 1.93. The molecule has 0 saturated carbocycles. The third kappa shape index (κ3) is 7.45. The first-order valence-electron chi connectivity index (χ1n) is 12.6. The summed E-state index contributed by atoms with van der Waals surface area (Å²) in [6.07, 6.45) is -10.5. The Morgan fingerprint density at radius 3 is 1.95 bits per heavy atom. The number of rotatable bonds is 4. The van der Waals surface area contributed by atoms with Crippen LogP contribution in [0.5, 0.6) is 0 Å². The van der Waals surface area contributed by atoms with Gasteiger partial charge in [0.25, 0.3) is 0 Å². The van der Waals surface area contributed by atoms with E-state index in [1.54, 1.807) is 20.8 Å². The molecule has 1 fully saturated rings. The predicted molar refractivity (Wildman–Crippen MR) is 133 cm³/mol. The van der Waals surface area contributed by atoms with Gasteiger partial charge >= 0.3 is 18.4 Å². The Bertz CT molecular complexity index is 1190. The highest BCUT2D eigenvalue weighted by atomic mass is 19.4. The van der Waals surface area contributed by atoms with Crippen LogP contribution in [0.3, 0.4) is 0 Å². The average Bonchev–Trinajstić information content (AvgIpc) is 2.85. The fraction of sp³-hybridized carbons (Fsp3) is 0.500. The summed E-state index contributed by atoms with van der Waals surface area (Å²) in [6, 6.07) is 5.46. The van der Waals surface area contributed by atoms with Crippen LogP contribution >= 0.6 is 0 Å². The van der Waals surface area contributed by atoms with Crippen molar-refractivity contribution in [1.82, 2.24) is 9.80 Å². The van der Waals surface area contributed by atoms with E-state index in [1.165, 1.54) is 43.1 Å². The van der Waals surface area contributed by atoms with Gasteiger partial charge in [0.2, 0.25) is 5.91 Å². The lowest BCUT2D eigenvalue weighted by atomic mass is 9.79. The lowest BCUT2D eigenvalue weighted by Crippen LogP contribution is -2.49. The van der Waals surface area contributed by atoms with Crippen molar-refractivity contribution in [1.29, 1.82) is 0 Å². The fourth-order valence-electron chi connectivity index (χ4n) is 4.68. The molecule has 0 spiro atoms. The van der Waals surface area contributed by atoms with Crippen LogP contribution in [-0.4, -0.2) is 47.5 Å². The molecule has 40 heavy (non-hydrogen) atoms. The maximum atomic E-state index is 13.7. The fourth-order valence-corrected chi connectivity index (χ4v) is 4.68. The van der Waals surface area contributed by atoms with Crippen molar-refractivity contribution in [3.05, 3.63) is 70.5 Å². The van der Waals surface area contributed by atoms with Crippen LogP contribution in [0.2, 0.25) is 0 Å². The maximum Gasteiger partial charge on any atom is 0.416 e. The van der Waals surface area contributed by atoms with E-state index in [4.69, 9.17) is 4.74 Å². The van der Waals surface area contributed by atoms with Gasteiger partial charge < -0.3 is 14.5 Å². The maximum absolute atomic E-state index is 13.7. The summed E-state index contributed by atoms with van der Waals surface area (Å²) in [6.45, 7) is 6.62. The molecule has 3 atom stereocenters. The van der Waals surface area contributed by atoms with Gasteiger partial charge in [0.1, 0.15) is 11.4 Å². The minimum Gasteiger partial charge on any atom is -0.444 e. The largest absolute Gasteiger partial charge is 0.444 e. The van der Waals surface area contributed by atoms with E-state index in [9.17, 15) is 40.3 Å². The second kappa shape index (κ2) is 11.3. The van der Waals surface area contributed by atoms with Crippen molar-refractivity contribution in [2.24, 2.45) is 5.92 Å². The number of ether oxygens (including phenoxy) is 1. The van der Waals surface area contributed by atoms with Gasteiger partial charge in [-0.1, -0.05) is 12.1 Å². The summed E-state index contributed by atoms with van der Waals surface area (Å²) in [5.41, 5.74) is -3.50. The van der Waals surface area contributed by atoms with Gasteiger partial charge in [0.05, 0.1) is 17.2 Å². The number of piperidine rings is 1. The minimum atomic E-state index is -5.03. The summed E-state index contributed by atoms with van der Waals surface area (Å²) in [5, 5.41) is 0. The number of carbonyl (C=O) groups excluding carboxylic acids is 2. The van der Waals surface area contributed by atoms with E-state index >= 15 is 0 Å². The van der Waals surface area contributed by atoms with Crippen LogP contribution in [-0.2, 0) is 21.9 Å². The Morgan fingerprint density at radius 2 is 1.48 bits per heavy atom. The van der Waals surface area contributed by atoms with Gasteiger partial charge in [-0.3, -0.25) is 4.79 Å². The first kappa shape index (κ1) is 31.2. The molecule has 1 aliphatic rings. The third-order valence-corrected chi connectivity index (χ3v) is 6.90. The zero-order valence-corrected chi connectivity index (χ0v) is 22.7. The molecule has 1 saturated heterocycles. The molecule has 0 radical (unpaired) electrons. The number of hydrogen-bond donors (Lipinski definition) is 0. The number of nitrogens with zero attached hydrogens (tertiary/aromatic N) is 2. The molecule has 0 aromatic heterocycles. The molecule has 220 valence electrons. The number of benzene rings is 2. The Morgan fingerprint density at radius 1 is 0.950 bits per heavy atom. The SMILES string of the molecule is C[C@H](c1cc(C(F)(F)F)cc(C(F)(F)F)c1)N(C)C(=O)[C@H]1CCN(C(=O)OC(C)(C)C)C[C@@H]1c1ccc(F)cc1. The van der Waals surface area contributed by atoms with E-state index in [0.29, 0.717) is 17.7 Å². The Hall–Kier alpha value is -3.31. The van der Waals surface area contributed by atoms with Crippen LogP contribution < -0.4 is 0 Å². The molecular weight excluding hydrogens is 545 g/mol. The molecule has 1 aliphatic heterocycles. The smallest absolute Gasteiger partial charge is 0.416 e. The summed E-state index contributed by atoms with van der Waals surface area (Å²) in [4.78, 5) is 29.0. The molecule has 2 amide bonds. The number of likely N-dealkylation sites (tertiary alicyclic amines) is 1. The third-order valence-electron chi connectivity index (χ3n) is 6.90. The highest BCUT2D eigenvalue weighted by Crippen LogP contribution is 2.40. The zero-order valence-electron chi connectivity index (χ0n) is 22.7. The van der Waals surface area contributed by atoms with E-state index < -0.39 is 64.8 Å². The number of carbonyl (C=O) groups is 2. The Labute approximate surface area is 227 Å². The molecule has 3 rings (SSSR count). The van der Waals surface area contributed by atoms with Crippen molar-refractivity contribution in [3.8, 4) is 0 Å². The second-order valence-electron chi connectivity index (χ2n) is 10.9.